The standard InChI is InChI=1S/C24H24N4O2S/c1-17-8-10-19(11-9-17)24-26-22(27-30-24)20-12-13-21(31-20)23(29)25-14-15-28(2)16-18-6-4-3-5-7-18/h3-13H,14-16H2,1-2H3,(H,25,29). The fraction of sp³-hybridized carbons (Fsp3) is 0.208. The summed E-state index contributed by atoms with van der Waals surface area (Å²) < 4.78 is 5.39. The third-order valence-electron chi connectivity index (χ3n) is 4.85. The zero-order valence-electron chi connectivity index (χ0n) is 17.5. The zero-order chi connectivity index (χ0) is 21.6. The minimum absolute atomic E-state index is 0.0911. The number of nitrogens with one attached hydrogen (secondary N) is 1. The second-order valence-corrected chi connectivity index (χ2v) is 8.52. The number of carbonyl (C=O) groups is 1. The lowest BCUT2D eigenvalue weighted by molar-refractivity contribution is 0.0953. The van der Waals surface area contributed by atoms with E-state index in [0.717, 1.165) is 23.5 Å². The van der Waals surface area contributed by atoms with Crippen molar-refractivity contribution < 1.29 is 9.32 Å². The number of aryl methyl sites for hydroxylation is 1. The van der Waals surface area contributed by atoms with E-state index in [1.54, 1.807) is 6.07 Å². The second-order valence-electron chi connectivity index (χ2n) is 7.43. The third kappa shape index (κ3) is 5.45. The lowest BCUT2D eigenvalue weighted by atomic mass is 10.1. The molecule has 0 radical (unpaired) electrons. The average Bonchev–Trinajstić information content (AvgIpc) is 3.45. The molecule has 0 fully saturated rings. The van der Waals surface area contributed by atoms with E-state index in [1.807, 2.05) is 62.5 Å². The Morgan fingerprint density at radius 2 is 1.84 bits per heavy atom. The van der Waals surface area contributed by atoms with Crippen LogP contribution in [0.5, 0.6) is 0 Å². The van der Waals surface area contributed by atoms with Gasteiger partial charge in [0.15, 0.2) is 0 Å². The lowest BCUT2D eigenvalue weighted by Gasteiger charge is -2.16. The Labute approximate surface area is 185 Å². The van der Waals surface area contributed by atoms with Gasteiger partial charge in [-0.05, 0) is 43.8 Å². The van der Waals surface area contributed by atoms with Gasteiger partial charge in [0.05, 0.1) is 9.75 Å². The summed E-state index contributed by atoms with van der Waals surface area (Å²) >= 11 is 1.36. The van der Waals surface area contributed by atoms with Gasteiger partial charge in [-0.1, -0.05) is 53.2 Å². The lowest BCUT2D eigenvalue weighted by Crippen LogP contribution is -2.32. The summed E-state index contributed by atoms with van der Waals surface area (Å²) in [5.41, 5.74) is 3.30. The van der Waals surface area contributed by atoms with Crippen LogP contribution in [0.4, 0.5) is 0 Å². The van der Waals surface area contributed by atoms with Crippen molar-refractivity contribution in [2.24, 2.45) is 0 Å². The van der Waals surface area contributed by atoms with E-state index in [1.165, 1.54) is 22.5 Å². The molecule has 31 heavy (non-hydrogen) atoms. The summed E-state index contributed by atoms with van der Waals surface area (Å²) in [6.07, 6.45) is 0. The maximum Gasteiger partial charge on any atom is 0.261 e. The molecule has 1 N–H and O–H groups in total. The van der Waals surface area contributed by atoms with E-state index in [4.69, 9.17) is 4.52 Å². The number of carbonyl (C=O) groups excluding carboxylic acids is 1. The van der Waals surface area contributed by atoms with Gasteiger partial charge in [-0.15, -0.1) is 11.3 Å². The molecule has 0 aliphatic rings. The van der Waals surface area contributed by atoms with Gasteiger partial charge < -0.3 is 14.7 Å². The number of aromatic nitrogens is 2. The summed E-state index contributed by atoms with van der Waals surface area (Å²) in [5, 5.41) is 7.05. The first-order valence-corrected chi connectivity index (χ1v) is 10.9. The summed E-state index contributed by atoms with van der Waals surface area (Å²) in [7, 11) is 2.05. The van der Waals surface area contributed by atoms with Gasteiger partial charge in [0, 0.05) is 25.2 Å². The monoisotopic (exact) mass is 432 g/mol. The van der Waals surface area contributed by atoms with Crippen molar-refractivity contribution in [1.29, 1.82) is 0 Å². The summed E-state index contributed by atoms with van der Waals surface area (Å²) in [6.45, 7) is 4.22. The second kappa shape index (κ2) is 9.68. The molecule has 0 aliphatic carbocycles. The maximum absolute atomic E-state index is 12.5. The van der Waals surface area contributed by atoms with E-state index >= 15 is 0 Å². The van der Waals surface area contributed by atoms with Crippen LogP contribution in [0.2, 0.25) is 0 Å². The molecular weight excluding hydrogens is 408 g/mol. The van der Waals surface area contributed by atoms with Crippen molar-refractivity contribution in [2.75, 3.05) is 20.1 Å². The Kier molecular flexibility index (Phi) is 6.54. The summed E-state index contributed by atoms with van der Waals surface area (Å²) in [5.74, 6) is 0.865. The molecule has 0 saturated carbocycles. The quantitative estimate of drug-likeness (QED) is 0.439. The SMILES string of the molecule is Cc1ccc(-c2nc(-c3ccc(C(=O)NCCN(C)Cc4ccccc4)s3)no2)cc1. The van der Waals surface area contributed by atoms with E-state index < -0.39 is 0 Å². The van der Waals surface area contributed by atoms with Gasteiger partial charge in [-0.25, -0.2) is 0 Å². The van der Waals surface area contributed by atoms with Gasteiger partial charge in [0.1, 0.15) is 0 Å². The first kappa shape index (κ1) is 21.0. The first-order valence-electron chi connectivity index (χ1n) is 10.1. The number of rotatable bonds is 8. The van der Waals surface area contributed by atoms with Crippen LogP contribution in [-0.4, -0.2) is 41.1 Å². The average molecular weight is 433 g/mol. The van der Waals surface area contributed by atoms with E-state index in [-0.39, 0.29) is 5.91 Å². The topological polar surface area (TPSA) is 71.3 Å². The third-order valence-corrected chi connectivity index (χ3v) is 5.93. The van der Waals surface area contributed by atoms with Crippen LogP contribution in [0, 0.1) is 6.92 Å². The molecule has 0 saturated heterocycles. The highest BCUT2D eigenvalue weighted by Crippen LogP contribution is 2.28. The fourth-order valence-electron chi connectivity index (χ4n) is 3.14. The normalized spacial score (nSPS) is 11.1. The molecule has 0 bridgehead atoms. The Morgan fingerprint density at radius 3 is 2.61 bits per heavy atom. The highest BCUT2D eigenvalue weighted by Gasteiger charge is 2.15. The Balaban J connectivity index is 1.31. The molecule has 0 atom stereocenters. The summed E-state index contributed by atoms with van der Waals surface area (Å²) in [4.78, 5) is 20.6. The molecule has 2 aromatic heterocycles. The molecule has 2 heterocycles. The molecule has 1 amide bonds. The van der Waals surface area contributed by atoms with Gasteiger partial charge in [0.25, 0.3) is 11.8 Å². The smallest absolute Gasteiger partial charge is 0.261 e. The van der Waals surface area contributed by atoms with Crippen molar-refractivity contribution in [3.8, 4) is 22.2 Å². The van der Waals surface area contributed by atoms with Crippen LogP contribution in [-0.2, 0) is 6.54 Å². The van der Waals surface area contributed by atoms with Gasteiger partial charge in [-0.3, -0.25) is 4.79 Å². The number of benzene rings is 2. The van der Waals surface area contributed by atoms with Crippen LogP contribution in [0.3, 0.4) is 0 Å². The van der Waals surface area contributed by atoms with Crippen LogP contribution < -0.4 is 5.32 Å². The summed E-state index contributed by atoms with van der Waals surface area (Å²) in [6, 6.07) is 21.8. The van der Waals surface area contributed by atoms with Gasteiger partial charge in [0.2, 0.25) is 5.82 Å². The maximum atomic E-state index is 12.5. The molecule has 0 aliphatic heterocycles. The number of hydrogen-bond acceptors (Lipinski definition) is 6. The van der Waals surface area contributed by atoms with Crippen molar-refractivity contribution in [3.05, 3.63) is 82.7 Å². The van der Waals surface area contributed by atoms with Crippen molar-refractivity contribution in [2.45, 2.75) is 13.5 Å². The largest absolute Gasteiger partial charge is 0.350 e. The van der Waals surface area contributed by atoms with Crippen molar-refractivity contribution in [1.82, 2.24) is 20.4 Å². The van der Waals surface area contributed by atoms with Crippen molar-refractivity contribution in [3.63, 3.8) is 0 Å². The Morgan fingerprint density at radius 1 is 1.06 bits per heavy atom. The van der Waals surface area contributed by atoms with Crippen molar-refractivity contribution >= 4 is 17.2 Å². The molecule has 6 nitrogen and oxygen atoms in total. The molecule has 4 aromatic rings. The van der Waals surface area contributed by atoms with Crippen LogP contribution in [0.1, 0.15) is 20.8 Å². The molecule has 7 heteroatoms. The zero-order valence-corrected chi connectivity index (χ0v) is 18.4. The number of likely N-dealkylation sites (N-methyl/N-ethyl adjacent to an activating group) is 1. The predicted molar refractivity (Wildman–Crippen MR) is 123 cm³/mol. The van der Waals surface area contributed by atoms with E-state index in [9.17, 15) is 4.79 Å². The number of hydrogen-bond donors (Lipinski definition) is 1. The van der Waals surface area contributed by atoms with Crippen LogP contribution in [0.25, 0.3) is 22.2 Å². The highest BCUT2D eigenvalue weighted by molar-refractivity contribution is 7.17. The van der Waals surface area contributed by atoms with Crippen LogP contribution in [0.15, 0.2) is 71.3 Å². The molecule has 0 unspecified atom stereocenters. The molecule has 0 spiro atoms. The minimum Gasteiger partial charge on any atom is -0.350 e. The number of amides is 1. The molecular formula is C24H24N4O2S. The minimum atomic E-state index is -0.0911. The molecule has 2 aromatic carbocycles. The fourth-order valence-corrected chi connectivity index (χ4v) is 3.99. The number of nitrogens with zero attached hydrogens (tertiary/aromatic N) is 3. The molecule has 158 valence electrons. The highest BCUT2D eigenvalue weighted by atomic mass is 32.1. The first-order chi connectivity index (χ1) is 15.1. The van der Waals surface area contributed by atoms with E-state index in [0.29, 0.717) is 23.1 Å². The molecule has 4 rings (SSSR count). The van der Waals surface area contributed by atoms with Gasteiger partial charge in [-0.2, -0.15) is 4.98 Å². The number of thiophene rings is 1. The Hall–Kier alpha value is -3.29. The predicted octanol–water partition coefficient (Wildman–Crippen LogP) is 4.64. The Bertz CT molecular complexity index is 1140. The van der Waals surface area contributed by atoms with E-state index in [2.05, 4.69) is 32.5 Å². The van der Waals surface area contributed by atoms with Gasteiger partial charge >= 0.3 is 0 Å². The van der Waals surface area contributed by atoms with Crippen LogP contribution >= 0.6 is 11.3 Å².